The third-order valence-electron chi connectivity index (χ3n) is 6.79. The van der Waals surface area contributed by atoms with E-state index in [-0.39, 0.29) is 28.6 Å². The Hall–Kier alpha value is -5.17. The smallest absolute Gasteiger partial charge is 0.348 e. The maximum atomic E-state index is 12.1. The zero-order valence-corrected chi connectivity index (χ0v) is 22.0. The van der Waals surface area contributed by atoms with E-state index in [2.05, 4.69) is 13.8 Å². The van der Waals surface area contributed by atoms with Gasteiger partial charge in [-0.1, -0.05) is 38.1 Å². The molecule has 0 spiro atoms. The number of phenolic OH excluding ortho intramolecular Hbond substituents is 4. The van der Waals surface area contributed by atoms with E-state index in [1.807, 2.05) is 24.3 Å². The second-order valence-corrected chi connectivity index (χ2v) is 9.31. The summed E-state index contributed by atoms with van der Waals surface area (Å²) >= 11 is 0. The van der Waals surface area contributed by atoms with Crippen molar-refractivity contribution in [1.29, 1.82) is 0 Å². The van der Waals surface area contributed by atoms with Crippen LogP contribution in [0.15, 0.2) is 98.6 Å². The number of phenols is 4. The topological polar surface area (TPSA) is 124 Å². The molecule has 0 fully saturated rings. The van der Waals surface area contributed by atoms with E-state index in [1.54, 1.807) is 36.4 Å². The number of furan rings is 1. The summed E-state index contributed by atoms with van der Waals surface area (Å²) in [6, 6.07) is 23.7. The molecule has 0 aliphatic carbocycles. The quantitative estimate of drug-likeness (QED) is 0.133. The molecule has 0 amide bonds. The number of hydrogen-bond acceptors (Lipinski definition) is 7. The summed E-state index contributed by atoms with van der Waals surface area (Å²) in [5, 5.41) is 39.3. The van der Waals surface area contributed by atoms with Gasteiger partial charge in [0.25, 0.3) is 0 Å². The predicted octanol–water partition coefficient (Wildman–Crippen LogP) is 7.93. The van der Waals surface area contributed by atoms with Crippen molar-refractivity contribution in [3.05, 3.63) is 106 Å². The molecule has 0 bridgehead atoms. The predicted molar refractivity (Wildman–Crippen MR) is 157 cm³/mol. The molecule has 0 aliphatic rings. The Bertz CT molecular complexity index is 1850. The fourth-order valence-electron chi connectivity index (χ4n) is 4.92. The molecule has 0 atom stereocenters. The van der Waals surface area contributed by atoms with Crippen molar-refractivity contribution in [2.24, 2.45) is 0 Å². The molecule has 0 aliphatic heterocycles. The van der Waals surface area contributed by atoms with Gasteiger partial charge in [0.2, 0.25) is 0 Å². The first-order chi connectivity index (χ1) is 19.3. The van der Waals surface area contributed by atoms with Gasteiger partial charge in [0.15, 0.2) is 5.58 Å². The minimum atomic E-state index is -0.539. The van der Waals surface area contributed by atoms with Gasteiger partial charge in [-0.15, -0.1) is 0 Å². The molecular formula is C33H28O7. The fraction of sp³-hybridized carbons (Fsp3) is 0.121. The lowest BCUT2D eigenvalue weighted by atomic mass is 9.91. The Morgan fingerprint density at radius 3 is 1.48 bits per heavy atom. The maximum absolute atomic E-state index is 12.1. The molecule has 2 aromatic heterocycles. The molecule has 4 N–H and O–H groups in total. The maximum Gasteiger partial charge on any atom is 0.348 e. The van der Waals surface area contributed by atoms with Crippen LogP contribution in [0.3, 0.4) is 0 Å². The molecular weight excluding hydrogens is 508 g/mol. The fourth-order valence-corrected chi connectivity index (χ4v) is 4.92. The van der Waals surface area contributed by atoms with Gasteiger partial charge in [0.1, 0.15) is 39.6 Å². The van der Waals surface area contributed by atoms with Crippen LogP contribution in [0.1, 0.15) is 37.8 Å². The molecule has 2 heterocycles. The van der Waals surface area contributed by atoms with Crippen LogP contribution >= 0.6 is 0 Å². The van der Waals surface area contributed by atoms with E-state index < -0.39 is 5.63 Å². The zero-order valence-electron chi connectivity index (χ0n) is 22.0. The van der Waals surface area contributed by atoms with Gasteiger partial charge in [0.05, 0.1) is 5.39 Å². The average molecular weight is 537 g/mol. The highest BCUT2D eigenvalue weighted by Gasteiger charge is 2.16. The largest absolute Gasteiger partial charge is 0.508 e. The summed E-state index contributed by atoms with van der Waals surface area (Å²) in [5.41, 5.74) is 5.33. The number of aromatic hydroxyl groups is 4. The summed E-state index contributed by atoms with van der Waals surface area (Å²) in [4.78, 5) is 12.1. The molecule has 0 radical (unpaired) electrons. The van der Waals surface area contributed by atoms with Crippen LogP contribution in [0.2, 0.25) is 0 Å². The van der Waals surface area contributed by atoms with Crippen molar-refractivity contribution in [3.63, 3.8) is 0 Å². The van der Waals surface area contributed by atoms with Crippen molar-refractivity contribution in [2.75, 3.05) is 0 Å². The Morgan fingerprint density at radius 2 is 1.00 bits per heavy atom. The van der Waals surface area contributed by atoms with Gasteiger partial charge < -0.3 is 29.3 Å². The minimum absolute atomic E-state index is 0.00811. The number of allylic oxidation sites excluding steroid dienone is 2. The average Bonchev–Trinajstić information content (AvgIpc) is 3.32. The molecule has 4 aromatic carbocycles. The van der Waals surface area contributed by atoms with E-state index in [4.69, 9.17) is 8.83 Å². The van der Waals surface area contributed by atoms with Gasteiger partial charge in [-0.25, -0.2) is 4.79 Å². The van der Waals surface area contributed by atoms with E-state index >= 15 is 0 Å². The lowest BCUT2D eigenvalue weighted by Crippen LogP contribution is -1.97. The summed E-state index contributed by atoms with van der Waals surface area (Å²) in [6.07, 6.45) is 1.85. The minimum Gasteiger partial charge on any atom is -0.508 e. The number of rotatable bonds is 4. The first-order valence-electron chi connectivity index (χ1n) is 12.9. The normalized spacial score (nSPS) is 11.8. The molecule has 6 aromatic rings. The van der Waals surface area contributed by atoms with E-state index in [0.717, 1.165) is 24.0 Å². The van der Waals surface area contributed by atoms with Gasteiger partial charge in [-0.05, 0) is 83.6 Å². The zero-order chi connectivity index (χ0) is 28.4. The summed E-state index contributed by atoms with van der Waals surface area (Å²) in [5.74, 6) is 0.635. The molecule has 202 valence electrons. The van der Waals surface area contributed by atoms with Crippen molar-refractivity contribution >= 4 is 44.1 Å². The highest BCUT2D eigenvalue weighted by atomic mass is 16.4. The lowest BCUT2D eigenvalue weighted by molar-refractivity contribution is 0.473. The van der Waals surface area contributed by atoms with E-state index in [1.165, 1.54) is 35.4 Å². The van der Waals surface area contributed by atoms with Crippen LogP contribution in [0.5, 0.6) is 23.0 Å². The second kappa shape index (κ2) is 10.9. The summed E-state index contributed by atoms with van der Waals surface area (Å²) in [6.45, 7) is 4.27. The Balaban J connectivity index is 0.000000161. The number of benzene rings is 4. The van der Waals surface area contributed by atoms with Crippen LogP contribution in [0.4, 0.5) is 0 Å². The highest BCUT2D eigenvalue weighted by molar-refractivity contribution is 6.13. The van der Waals surface area contributed by atoms with Gasteiger partial charge in [-0.3, -0.25) is 0 Å². The first kappa shape index (κ1) is 26.4. The molecule has 7 nitrogen and oxygen atoms in total. The SMILES string of the molecule is CC/C(=C(/CC)c1ccc(O)cc1)c1ccc(O)cc1.O=c1oc2cc(O)ccc2c2oc3cc(O)ccc3c12. The highest BCUT2D eigenvalue weighted by Crippen LogP contribution is 2.35. The Kier molecular flexibility index (Phi) is 7.21. The van der Waals surface area contributed by atoms with Crippen LogP contribution in [0, 0.1) is 0 Å². The summed E-state index contributed by atoms with van der Waals surface area (Å²) < 4.78 is 10.9. The molecule has 40 heavy (non-hydrogen) atoms. The van der Waals surface area contributed by atoms with Crippen molar-refractivity contribution in [1.82, 2.24) is 0 Å². The van der Waals surface area contributed by atoms with Crippen LogP contribution in [-0.2, 0) is 0 Å². The van der Waals surface area contributed by atoms with Gasteiger partial charge in [0, 0.05) is 17.5 Å². The van der Waals surface area contributed by atoms with Crippen LogP contribution in [0.25, 0.3) is 44.1 Å². The Morgan fingerprint density at radius 1 is 0.575 bits per heavy atom. The monoisotopic (exact) mass is 536 g/mol. The molecule has 0 unspecified atom stereocenters. The van der Waals surface area contributed by atoms with E-state index in [9.17, 15) is 25.2 Å². The number of hydrogen-bond donors (Lipinski definition) is 4. The van der Waals surface area contributed by atoms with Crippen LogP contribution < -0.4 is 5.63 Å². The molecule has 0 saturated carbocycles. The van der Waals surface area contributed by atoms with Gasteiger partial charge >= 0.3 is 5.63 Å². The molecule has 0 saturated heterocycles. The van der Waals surface area contributed by atoms with Crippen molar-refractivity contribution in [2.45, 2.75) is 26.7 Å². The standard InChI is InChI=1S/C18H20O2.C15H8O5/c1-3-17(13-5-9-15(19)10-6-13)18(4-2)14-7-11-16(20)12-8-14;16-7-1-3-9-11(5-7)19-14-10-4-2-8(17)6-12(10)20-15(18)13(9)14/h5-12,19-20H,3-4H2,1-2H3;1-6,16-17H/b18-17+;. The first-order valence-corrected chi connectivity index (χ1v) is 12.9. The summed E-state index contributed by atoms with van der Waals surface area (Å²) in [7, 11) is 0. The molecule has 7 heteroatoms. The van der Waals surface area contributed by atoms with E-state index in [0.29, 0.717) is 27.3 Å². The van der Waals surface area contributed by atoms with Crippen molar-refractivity contribution in [3.8, 4) is 23.0 Å². The van der Waals surface area contributed by atoms with Crippen LogP contribution in [-0.4, -0.2) is 20.4 Å². The number of fused-ring (bicyclic) bond motifs is 5. The third kappa shape index (κ3) is 5.09. The lowest BCUT2D eigenvalue weighted by Gasteiger charge is -2.14. The third-order valence-corrected chi connectivity index (χ3v) is 6.79. The second-order valence-electron chi connectivity index (χ2n) is 9.31. The Labute approximate surface area is 229 Å². The van der Waals surface area contributed by atoms with Crippen molar-refractivity contribution < 1.29 is 29.3 Å². The molecule has 6 rings (SSSR count). The van der Waals surface area contributed by atoms with Gasteiger partial charge in [-0.2, -0.15) is 0 Å².